The minimum atomic E-state index is -0.381. The maximum absolute atomic E-state index is 11.6. The van der Waals surface area contributed by atoms with Crippen molar-refractivity contribution in [3.63, 3.8) is 0 Å². The molecule has 1 rings (SSSR count). The van der Waals surface area contributed by atoms with E-state index in [0.29, 0.717) is 24.2 Å². The zero-order chi connectivity index (χ0) is 12.1. The van der Waals surface area contributed by atoms with Crippen LogP contribution >= 0.6 is 0 Å². The number of nitrogens with one attached hydrogen (secondary N) is 2. The number of amides is 2. The lowest BCUT2D eigenvalue weighted by molar-refractivity contribution is -0.118. The van der Waals surface area contributed by atoms with E-state index in [0.717, 1.165) is 0 Å². The van der Waals surface area contributed by atoms with Crippen LogP contribution in [0, 0.1) is 6.92 Å². The van der Waals surface area contributed by atoms with Crippen LogP contribution in [0.2, 0.25) is 0 Å². The number of hydrogen-bond donors (Lipinski definition) is 4. The van der Waals surface area contributed by atoms with Crippen molar-refractivity contribution in [3.05, 3.63) is 11.3 Å². The van der Waals surface area contributed by atoms with Crippen molar-refractivity contribution in [1.82, 2.24) is 15.5 Å². The first-order chi connectivity index (χ1) is 7.52. The van der Waals surface area contributed by atoms with Crippen LogP contribution in [0.4, 0.5) is 5.82 Å². The Hall–Kier alpha value is -2.05. The van der Waals surface area contributed by atoms with E-state index in [9.17, 15) is 9.59 Å². The molecule has 1 heterocycles. The fourth-order valence-corrected chi connectivity index (χ4v) is 1.29. The quantitative estimate of drug-likeness (QED) is 0.494. The highest BCUT2D eigenvalue weighted by molar-refractivity contribution is 5.99. The summed E-state index contributed by atoms with van der Waals surface area (Å²) in [5, 5.41) is 8.96. The van der Waals surface area contributed by atoms with E-state index < -0.39 is 0 Å². The number of anilines is 1. The molecule has 0 fully saturated rings. The fourth-order valence-electron chi connectivity index (χ4n) is 1.29. The summed E-state index contributed by atoms with van der Waals surface area (Å²) in [6.45, 7) is 2.09. The normalized spacial score (nSPS) is 10.1. The summed E-state index contributed by atoms with van der Waals surface area (Å²) in [5.74, 6) is -0.508. The first-order valence-electron chi connectivity index (χ1n) is 4.89. The van der Waals surface area contributed by atoms with E-state index in [-0.39, 0.29) is 24.1 Å². The van der Waals surface area contributed by atoms with Gasteiger partial charge in [-0.3, -0.25) is 14.7 Å². The van der Waals surface area contributed by atoms with Crippen LogP contribution < -0.4 is 16.8 Å². The Morgan fingerprint density at radius 1 is 1.50 bits per heavy atom. The summed E-state index contributed by atoms with van der Waals surface area (Å²) in [5.41, 5.74) is 11.4. The third kappa shape index (κ3) is 2.97. The summed E-state index contributed by atoms with van der Waals surface area (Å²) in [6.07, 6.45) is 0.762. The van der Waals surface area contributed by atoms with Crippen molar-refractivity contribution in [2.75, 3.05) is 12.3 Å². The Morgan fingerprint density at radius 2 is 2.19 bits per heavy atom. The molecule has 16 heavy (non-hydrogen) atoms. The highest BCUT2D eigenvalue weighted by Gasteiger charge is 2.15. The highest BCUT2D eigenvalue weighted by atomic mass is 16.2. The molecule has 2 amide bonds. The molecular formula is C9H15N5O2. The molecular weight excluding hydrogens is 210 g/mol. The Morgan fingerprint density at radius 3 is 2.69 bits per heavy atom. The van der Waals surface area contributed by atoms with E-state index in [1.165, 1.54) is 0 Å². The van der Waals surface area contributed by atoms with E-state index in [2.05, 4.69) is 15.5 Å². The van der Waals surface area contributed by atoms with Gasteiger partial charge >= 0.3 is 0 Å². The number of carbonyl (C=O) groups is 2. The molecule has 88 valence electrons. The molecule has 0 atom stereocenters. The van der Waals surface area contributed by atoms with Gasteiger partial charge in [-0.25, -0.2) is 0 Å². The standard InChI is InChI=1S/C9H15N5O2/c1-5-7(8(11)14-13-5)9(16)12-4-2-3-6(10)15/h2-4H2,1H3,(H2,10,15)(H,12,16)(H3,11,13,14). The van der Waals surface area contributed by atoms with Gasteiger partial charge in [0, 0.05) is 18.7 Å². The molecule has 0 aliphatic rings. The zero-order valence-corrected chi connectivity index (χ0v) is 9.04. The molecule has 1 aromatic heterocycles. The number of rotatable bonds is 5. The van der Waals surface area contributed by atoms with Crippen molar-refractivity contribution < 1.29 is 9.59 Å². The van der Waals surface area contributed by atoms with E-state index in [4.69, 9.17) is 11.5 Å². The first kappa shape index (κ1) is 12.0. The van der Waals surface area contributed by atoms with Crippen molar-refractivity contribution in [2.45, 2.75) is 19.8 Å². The average molecular weight is 225 g/mol. The second-order valence-electron chi connectivity index (χ2n) is 3.43. The van der Waals surface area contributed by atoms with Crippen LogP contribution in [0.3, 0.4) is 0 Å². The van der Waals surface area contributed by atoms with Gasteiger partial charge in [-0.1, -0.05) is 0 Å². The molecule has 6 N–H and O–H groups in total. The number of hydrogen-bond acceptors (Lipinski definition) is 4. The molecule has 0 saturated carbocycles. The summed E-state index contributed by atoms with van der Waals surface area (Å²) < 4.78 is 0. The number of aryl methyl sites for hydroxylation is 1. The molecule has 0 bridgehead atoms. The minimum Gasteiger partial charge on any atom is -0.382 e. The Balaban J connectivity index is 2.44. The van der Waals surface area contributed by atoms with Crippen molar-refractivity contribution >= 4 is 17.6 Å². The van der Waals surface area contributed by atoms with Crippen LogP contribution in [0.25, 0.3) is 0 Å². The van der Waals surface area contributed by atoms with Crippen LogP contribution in [-0.2, 0) is 4.79 Å². The predicted octanol–water partition coefficient (Wildman–Crippen LogP) is -0.704. The zero-order valence-electron chi connectivity index (χ0n) is 9.04. The number of nitrogens with two attached hydrogens (primary N) is 2. The lowest BCUT2D eigenvalue weighted by Crippen LogP contribution is -2.26. The Labute approximate surface area is 92.6 Å². The van der Waals surface area contributed by atoms with Crippen molar-refractivity contribution in [3.8, 4) is 0 Å². The molecule has 1 aromatic rings. The average Bonchev–Trinajstić information content (AvgIpc) is 2.53. The molecule has 0 radical (unpaired) electrons. The van der Waals surface area contributed by atoms with E-state index >= 15 is 0 Å². The van der Waals surface area contributed by atoms with Crippen molar-refractivity contribution in [1.29, 1.82) is 0 Å². The minimum absolute atomic E-state index is 0.171. The second kappa shape index (κ2) is 5.15. The number of primary amides is 1. The van der Waals surface area contributed by atoms with E-state index in [1.54, 1.807) is 6.92 Å². The Kier molecular flexibility index (Phi) is 3.87. The van der Waals surface area contributed by atoms with Gasteiger partial charge in [0.05, 0.1) is 0 Å². The Bertz CT molecular complexity index is 379. The maximum Gasteiger partial charge on any atom is 0.256 e. The van der Waals surface area contributed by atoms with Crippen molar-refractivity contribution in [2.24, 2.45) is 5.73 Å². The summed E-state index contributed by atoms with van der Waals surface area (Å²) in [4.78, 5) is 22.1. The third-order valence-corrected chi connectivity index (χ3v) is 2.09. The van der Waals surface area contributed by atoms with Crippen LogP contribution in [-0.4, -0.2) is 28.6 Å². The summed E-state index contributed by atoms with van der Waals surface area (Å²) in [7, 11) is 0. The number of aromatic nitrogens is 2. The number of nitrogens with zero attached hydrogens (tertiary/aromatic N) is 1. The molecule has 0 saturated heterocycles. The smallest absolute Gasteiger partial charge is 0.256 e. The maximum atomic E-state index is 11.6. The van der Waals surface area contributed by atoms with Gasteiger partial charge in [0.1, 0.15) is 5.56 Å². The SMILES string of the molecule is Cc1[nH]nc(N)c1C(=O)NCCCC(N)=O. The van der Waals surface area contributed by atoms with Gasteiger partial charge in [0.25, 0.3) is 5.91 Å². The fraction of sp³-hybridized carbons (Fsp3) is 0.444. The first-order valence-corrected chi connectivity index (χ1v) is 4.89. The third-order valence-electron chi connectivity index (χ3n) is 2.09. The van der Waals surface area contributed by atoms with Crippen LogP contribution in [0.15, 0.2) is 0 Å². The number of H-pyrrole nitrogens is 1. The molecule has 7 nitrogen and oxygen atoms in total. The number of nitrogen functional groups attached to an aromatic ring is 1. The van der Waals surface area contributed by atoms with Gasteiger partial charge in [-0.2, -0.15) is 5.10 Å². The number of carbonyl (C=O) groups excluding carboxylic acids is 2. The molecule has 0 spiro atoms. The largest absolute Gasteiger partial charge is 0.382 e. The van der Waals surface area contributed by atoms with Gasteiger partial charge in [-0.05, 0) is 13.3 Å². The lowest BCUT2D eigenvalue weighted by Gasteiger charge is -2.03. The number of aromatic amines is 1. The summed E-state index contributed by atoms with van der Waals surface area (Å²) >= 11 is 0. The van der Waals surface area contributed by atoms with Gasteiger partial charge in [-0.15, -0.1) is 0 Å². The topological polar surface area (TPSA) is 127 Å². The van der Waals surface area contributed by atoms with Crippen LogP contribution in [0.1, 0.15) is 28.9 Å². The monoisotopic (exact) mass is 225 g/mol. The lowest BCUT2D eigenvalue weighted by atomic mass is 10.2. The van der Waals surface area contributed by atoms with Gasteiger partial charge in [0.15, 0.2) is 5.82 Å². The molecule has 0 unspecified atom stereocenters. The summed E-state index contributed by atoms with van der Waals surface area (Å²) in [6, 6.07) is 0. The molecule has 7 heteroatoms. The van der Waals surface area contributed by atoms with E-state index in [1.807, 2.05) is 0 Å². The predicted molar refractivity (Wildman–Crippen MR) is 58.5 cm³/mol. The van der Waals surface area contributed by atoms with Gasteiger partial charge < -0.3 is 16.8 Å². The molecule has 0 aliphatic carbocycles. The highest BCUT2D eigenvalue weighted by Crippen LogP contribution is 2.11. The van der Waals surface area contributed by atoms with Crippen LogP contribution in [0.5, 0.6) is 0 Å². The molecule has 0 aliphatic heterocycles. The second-order valence-corrected chi connectivity index (χ2v) is 3.43. The molecule has 0 aromatic carbocycles. The van der Waals surface area contributed by atoms with Gasteiger partial charge in [0.2, 0.25) is 5.91 Å².